The molecule has 0 heterocycles. The number of aliphatic hydroxyl groups excluding tert-OH is 3. The number of unbranched alkanes of at least 4 members (excludes halogenated alkanes) is 3. The lowest BCUT2D eigenvalue weighted by Gasteiger charge is -2.19. The molecule has 144 valence electrons. The van der Waals surface area contributed by atoms with Crippen molar-refractivity contribution < 1.29 is 25.2 Å². The smallest absolute Gasteiger partial charge is 0.303 e. The molecule has 0 aromatic carbocycles. The van der Waals surface area contributed by atoms with Gasteiger partial charge in [0.15, 0.2) is 0 Å². The highest BCUT2D eigenvalue weighted by atomic mass is 16.4. The standard InChI is InChI=1S/C20H34O5/c1-2-3-6-9-15(21)12-13-17-16(18(22)14-19(17)23)10-7-4-5-8-11-20(24)25/h4,7,12-13,15-19,21-23H,2-3,5-6,8-11,14H2,1H3,(H,24,25)/t15-,16+,17?,18-,19+/m0/s1. The first-order valence-electron chi connectivity index (χ1n) is 9.55. The fourth-order valence-electron chi connectivity index (χ4n) is 3.41. The minimum absolute atomic E-state index is 0.0650. The number of carboxylic acids is 1. The maximum Gasteiger partial charge on any atom is 0.303 e. The van der Waals surface area contributed by atoms with Crippen molar-refractivity contribution in [2.75, 3.05) is 0 Å². The molecule has 0 spiro atoms. The van der Waals surface area contributed by atoms with Crippen LogP contribution in [0.4, 0.5) is 0 Å². The molecular weight excluding hydrogens is 320 g/mol. The Balaban J connectivity index is 2.46. The molecule has 1 unspecified atom stereocenters. The normalized spacial score (nSPS) is 28.2. The summed E-state index contributed by atoms with van der Waals surface area (Å²) in [5.41, 5.74) is 0. The molecule has 0 radical (unpaired) electrons. The molecule has 5 heteroatoms. The van der Waals surface area contributed by atoms with E-state index >= 15 is 0 Å². The first-order valence-corrected chi connectivity index (χ1v) is 9.55. The molecule has 4 N–H and O–H groups in total. The number of hydrogen-bond donors (Lipinski definition) is 4. The van der Waals surface area contributed by atoms with Gasteiger partial charge >= 0.3 is 5.97 Å². The van der Waals surface area contributed by atoms with Gasteiger partial charge < -0.3 is 20.4 Å². The van der Waals surface area contributed by atoms with Crippen LogP contribution in [-0.4, -0.2) is 44.7 Å². The van der Waals surface area contributed by atoms with E-state index in [2.05, 4.69) is 6.92 Å². The maximum atomic E-state index is 10.5. The lowest BCUT2D eigenvalue weighted by atomic mass is 9.89. The molecule has 0 aliphatic heterocycles. The Hall–Kier alpha value is -1.17. The van der Waals surface area contributed by atoms with E-state index < -0.39 is 24.3 Å². The van der Waals surface area contributed by atoms with E-state index in [4.69, 9.17) is 5.11 Å². The van der Waals surface area contributed by atoms with Gasteiger partial charge in [0.2, 0.25) is 0 Å². The van der Waals surface area contributed by atoms with Crippen molar-refractivity contribution in [3.05, 3.63) is 24.3 Å². The number of carboxylic acid groups (broad SMARTS) is 1. The zero-order chi connectivity index (χ0) is 18.7. The number of aliphatic carboxylic acids is 1. The van der Waals surface area contributed by atoms with Gasteiger partial charge in [-0.15, -0.1) is 0 Å². The SMILES string of the molecule is CCCCC[C@H](O)C=CC1[C@H](O)C[C@H](O)[C@@H]1CC=CCCCC(=O)O. The molecule has 0 bridgehead atoms. The number of aliphatic hydroxyl groups is 3. The second-order valence-electron chi connectivity index (χ2n) is 7.05. The third-order valence-electron chi connectivity index (χ3n) is 4.91. The van der Waals surface area contributed by atoms with Crippen LogP contribution in [0.5, 0.6) is 0 Å². The third-order valence-corrected chi connectivity index (χ3v) is 4.91. The molecule has 1 aliphatic carbocycles. The van der Waals surface area contributed by atoms with Crippen molar-refractivity contribution in [1.29, 1.82) is 0 Å². The van der Waals surface area contributed by atoms with E-state index in [1.54, 1.807) is 6.08 Å². The van der Waals surface area contributed by atoms with Gasteiger partial charge in [-0.3, -0.25) is 4.79 Å². The van der Waals surface area contributed by atoms with Crippen molar-refractivity contribution in [2.45, 2.75) is 83.0 Å². The zero-order valence-electron chi connectivity index (χ0n) is 15.3. The molecule has 0 aromatic heterocycles. The largest absolute Gasteiger partial charge is 0.481 e. The van der Waals surface area contributed by atoms with E-state index in [9.17, 15) is 20.1 Å². The summed E-state index contributed by atoms with van der Waals surface area (Å²) in [6.07, 6.45) is 12.3. The zero-order valence-corrected chi connectivity index (χ0v) is 15.3. The third kappa shape index (κ3) is 8.66. The van der Waals surface area contributed by atoms with Gasteiger partial charge in [0.1, 0.15) is 0 Å². The van der Waals surface area contributed by atoms with E-state index in [-0.39, 0.29) is 18.3 Å². The molecule has 1 aliphatic rings. The Kier molecular flexibility index (Phi) is 10.7. The summed E-state index contributed by atoms with van der Waals surface area (Å²) < 4.78 is 0. The highest BCUT2D eigenvalue weighted by molar-refractivity contribution is 5.66. The van der Waals surface area contributed by atoms with Crippen LogP contribution in [0.25, 0.3) is 0 Å². The second kappa shape index (κ2) is 12.2. The summed E-state index contributed by atoms with van der Waals surface area (Å²) in [5.74, 6) is -1.00. The average molecular weight is 354 g/mol. The summed E-state index contributed by atoms with van der Waals surface area (Å²) in [4.78, 5) is 10.5. The Morgan fingerprint density at radius 2 is 1.92 bits per heavy atom. The molecular formula is C20H34O5. The lowest BCUT2D eigenvalue weighted by molar-refractivity contribution is -0.137. The molecule has 25 heavy (non-hydrogen) atoms. The monoisotopic (exact) mass is 354 g/mol. The van der Waals surface area contributed by atoms with Crippen LogP contribution in [0.1, 0.15) is 64.7 Å². The highest BCUT2D eigenvalue weighted by Gasteiger charge is 2.39. The number of hydrogen-bond acceptors (Lipinski definition) is 4. The van der Waals surface area contributed by atoms with Crippen LogP contribution in [0, 0.1) is 11.8 Å². The average Bonchev–Trinajstić information content (AvgIpc) is 2.82. The number of allylic oxidation sites excluding steroid dienone is 2. The summed E-state index contributed by atoms with van der Waals surface area (Å²) in [7, 11) is 0. The van der Waals surface area contributed by atoms with Crippen LogP contribution >= 0.6 is 0 Å². The van der Waals surface area contributed by atoms with Crippen molar-refractivity contribution >= 4 is 5.97 Å². The van der Waals surface area contributed by atoms with E-state index in [1.807, 2.05) is 18.2 Å². The van der Waals surface area contributed by atoms with Gasteiger partial charge in [0.05, 0.1) is 18.3 Å². The molecule has 1 rings (SSSR count). The number of rotatable bonds is 12. The van der Waals surface area contributed by atoms with Crippen LogP contribution in [0.3, 0.4) is 0 Å². The Morgan fingerprint density at radius 3 is 2.60 bits per heavy atom. The Morgan fingerprint density at radius 1 is 1.16 bits per heavy atom. The quantitative estimate of drug-likeness (QED) is 0.319. The van der Waals surface area contributed by atoms with Crippen molar-refractivity contribution in [2.24, 2.45) is 11.8 Å². The lowest BCUT2D eigenvalue weighted by Crippen LogP contribution is -2.20. The molecule has 1 saturated carbocycles. The molecule has 5 nitrogen and oxygen atoms in total. The predicted octanol–water partition coefficient (Wildman–Crippen LogP) is 3.04. The Bertz CT molecular complexity index is 432. The van der Waals surface area contributed by atoms with E-state index in [1.165, 1.54) is 0 Å². The van der Waals surface area contributed by atoms with Crippen molar-refractivity contribution in [3.8, 4) is 0 Å². The second-order valence-corrected chi connectivity index (χ2v) is 7.05. The molecule has 1 fully saturated rings. The van der Waals surface area contributed by atoms with E-state index in [0.717, 1.165) is 25.7 Å². The first-order chi connectivity index (χ1) is 12.0. The fraction of sp³-hybridized carbons (Fsp3) is 0.750. The van der Waals surface area contributed by atoms with Crippen LogP contribution in [0.15, 0.2) is 24.3 Å². The van der Waals surface area contributed by atoms with Crippen LogP contribution in [0.2, 0.25) is 0 Å². The summed E-state index contributed by atoms with van der Waals surface area (Å²) >= 11 is 0. The van der Waals surface area contributed by atoms with Crippen molar-refractivity contribution in [3.63, 3.8) is 0 Å². The highest BCUT2D eigenvalue weighted by Crippen LogP contribution is 2.36. The molecule has 0 saturated heterocycles. The molecule has 0 amide bonds. The summed E-state index contributed by atoms with van der Waals surface area (Å²) in [5, 5.41) is 39.0. The van der Waals surface area contributed by atoms with E-state index in [0.29, 0.717) is 25.7 Å². The maximum absolute atomic E-state index is 10.5. The van der Waals surface area contributed by atoms with Gasteiger partial charge in [0.25, 0.3) is 0 Å². The predicted molar refractivity (Wildman–Crippen MR) is 98.1 cm³/mol. The molecule has 5 atom stereocenters. The summed E-state index contributed by atoms with van der Waals surface area (Å²) in [6.45, 7) is 2.12. The van der Waals surface area contributed by atoms with Crippen molar-refractivity contribution in [1.82, 2.24) is 0 Å². The first kappa shape index (κ1) is 21.9. The van der Waals surface area contributed by atoms with Gasteiger partial charge in [0, 0.05) is 18.8 Å². The fourth-order valence-corrected chi connectivity index (χ4v) is 3.41. The van der Waals surface area contributed by atoms with Crippen LogP contribution < -0.4 is 0 Å². The van der Waals surface area contributed by atoms with Crippen LogP contribution in [-0.2, 0) is 4.79 Å². The topological polar surface area (TPSA) is 98.0 Å². The van der Waals surface area contributed by atoms with Gasteiger partial charge in [-0.05, 0) is 31.6 Å². The van der Waals surface area contributed by atoms with Gasteiger partial charge in [-0.2, -0.15) is 0 Å². The Labute approximate surface area is 151 Å². The minimum atomic E-state index is -0.787. The molecule has 0 aromatic rings. The van der Waals surface area contributed by atoms with Gasteiger partial charge in [-0.1, -0.05) is 50.5 Å². The number of carbonyl (C=O) groups is 1. The van der Waals surface area contributed by atoms with Gasteiger partial charge in [-0.25, -0.2) is 0 Å². The summed E-state index contributed by atoms with van der Waals surface area (Å²) in [6, 6.07) is 0. The minimum Gasteiger partial charge on any atom is -0.481 e.